The van der Waals surface area contributed by atoms with Crippen LogP contribution in [0.2, 0.25) is 0 Å². The van der Waals surface area contributed by atoms with E-state index in [0.29, 0.717) is 18.9 Å². The Balaban J connectivity index is 2.74. The van der Waals surface area contributed by atoms with Gasteiger partial charge >= 0.3 is 0 Å². The summed E-state index contributed by atoms with van der Waals surface area (Å²) in [6.07, 6.45) is 0. The van der Waals surface area contributed by atoms with E-state index in [1.807, 2.05) is 13.8 Å². The van der Waals surface area contributed by atoms with Crippen LogP contribution in [0.4, 0.5) is 17.6 Å². The van der Waals surface area contributed by atoms with E-state index in [9.17, 15) is 4.79 Å². The number of anilines is 3. The highest BCUT2D eigenvalue weighted by molar-refractivity contribution is 5.84. The van der Waals surface area contributed by atoms with Gasteiger partial charge < -0.3 is 21.7 Å². The van der Waals surface area contributed by atoms with Crippen molar-refractivity contribution in [2.75, 3.05) is 29.9 Å². The van der Waals surface area contributed by atoms with Crippen LogP contribution in [-0.4, -0.2) is 39.9 Å². The van der Waals surface area contributed by atoms with Crippen LogP contribution in [0.1, 0.15) is 20.8 Å². The molecule has 0 aromatic carbocycles. The second kappa shape index (κ2) is 6.04. The monoisotopic (exact) mass is 252 g/mol. The second-order valence-corrected chi connectivity index (χ2v) is 3.91. The van der Waals surface area contributed by atoms with Crippen LogP contribution in [0.15, 0.2) is 6.07 Å². The normalized spacial score (nSPS) is 11.9. The minimum Gasteiger partial charge on any atom is -0.383 e. The molecule has 1 amide bonds. The molecule has 0 saturated heterocycles. The average Bonchev–Trinajstić information content (AvgIpc) is 2.28. The number of rotatable bonds is 5. The standard InChI is InChI=1S/C11H20N6O/c1-4-17(5-2)10(18)7(3)14-9-6-8(12)15-11(13)16-9/h6-7H,4-5H2,1-3H3,(H5,12,13,14,15,16). The molecular formula is C11H20N6O. The van der Waals surface area contributed by atoms with Gasteiger partial charge in [0.1, 0.15) is 17.7 Å². The maximum absolute atomic E-state index is 12.0. The lowest BCUT2D eigenvalue weighted by atomic mass is 10.2. The molecule has 0 fully saturated rings. The molecule has 0 spiro atoms. The second-order valence-electron chi connectivity index (χ2n) is 3.91. The molecule has 1 unspecified atom stereocenters. The van der Waals surface area contributed by atoms with Crippen LogP contribution in [0.3, 0.4) is 0 Å². The van der Waals surface area contributed by atoms with Crippen molar-refractivity contribution in [2.24, 2.45) is 0 Å². The minimum absolute atomic E-state index is 0.00996. The van der Waals surface area contributed by atoms with Crippen molar-refractivity contribution in [3.8, 4) is 0 Å². The molecule has 1 heterocycles. The molecule has 7 heteroatoms. The van der Waals surface area contributed by atoms with E-state index in [0.717, 1.165) is 0 Å². The van der Waals surface area contributed by atoms with Crippen LogP contribution in [0, 0.1) is 0 Å². The van der Waals surface area contributed by atoms with Gasteiger partial charge in [0, 0.05) is 19.2 Å². The summed E-state index contributed by atoms with van der Waals surface area (Å²) < 4.78 is 0. The molecule has 1 atom stereocenters. The summed E-state index contributed by atoms with van der Waals surface area (Å²) in [5.41, 5.74) is 11.0. The Hall–Kier alpha value is -2.05. The summed E-state index contributed by atoms with van der Waals surface area (Å²) in [5, 5.41) is 2.97. The number of nitrogens with one attached hydrogen (secondary N) is 1. The average molecular weight is 252 g/mol. The van der Waals surface area contributed by atoms with Crippen molar-refractivity contribution < 1.29 is 4.79 Å². The first-order valence-corrected chi connectivity index (χ1v) is 5.93. The molecule has 7 nitrogen and oxygen atoms in total. The number of likely N-dealkylation sites (N-methyl/N-ethyl adjacent to an activating group) is 1. The van der Waals surface area contributed by atoms with Crippen LogP contribution in [0.25, 0.3) is 0 Å². The lowest BCUT2D eigenvalue weighted by Crippen LogP contribution is -2.41. The fourth-order valence-corrected chi connectivity index (χ4v) is 1.65. The first kappa shape index (κ1) is 14.0. The number of nitrogens with two attached hydrogens (primary N) is 2. The van der Waals surface area contributed by atoms with Gasteiger partial charge in [0.15, 0.2) is 0 Å². The zero-order chi connectivity index (χ0) is 13.7. The Bertz CT molecular complexity index is 398. The van der Waals surface area contributed by atoms with E-state index in [1.54, 1.807) is 17.9 Å². The van der Waals surface area contributed by atoms with Crippen molar-refractivity contribution >= 4 is 23.5 Å². The lowest BCUT2D eigenvalue weighted by Gasteiger charge is -2.23. The van der Waals surface area contributed by atoms with Gasteiger partial charge in [0.05, 0.1) is 0 Å². The zero-order valence-corrected chi connectivity index (χ0v) is 11.0. The third kappa shape index (κ3) is 3.47. The third-order valence-corrected chi connectivity index (χ3v) is 2.57. The third-order valence-electron chi connectivity index (χ3n) is 2.57. The summed E-state index contributed by atoms with van der Waals surface area (Å²) in [5.74, 6) is 0.816. The molecule has 0 radical (unpaired) electrons. The van der Waals surface area contributed by atoms with Crippen LogP contribution >= 0.6 is 0 Å². The highest BCUT2D eigenvalue weighted by atomic mass is 16.2. The Kier molecular flexibility index (Phi) is 4.70. The smallest absolute Gasteiger partial charge is 0.244 e. The molecular weight excluding hydrogens is 232 g/mol. The molecule has 0 aliphatic carbocycles. The van der Waals surface area contributed by atoms with Gasteiger partial charge in [-0.2, -0.15) is 9.97 Å². The topological polar surface area (TPSA) is 110 Å². The summed E-state index contributed by atoms with van der Waals surface area (Å²) in [6, 6.07) is 1.15. The largest absolute Gasteiger partial charge is 0.383 e. The van der Waals surface area contributed by atoms with E-state index in [-0.39, 0.29) is 17.7 Å². The summed E-state index contributed by atoms with van der Waals surface area (Å²) in [7, 11) is 0. The van der Waals surface area contributed by atoms with E-state index in [1.165, 1.54) is 0 Å². The van der Waals surface area contributed by atoms with Gasteiger partial charge in [-0.15, -0.1) is 0 Å². The molecule has 0 aliphatic heterocycles. The first-order valence-electron chi connectivity index (χ1n) is 5.93. The molecule has 0 aliphatic rings. The Morgan fingerprint density at radius 3 is 2.50 bits per heavy atom. The van der Waals surface area contributed by atoms with Crippen LogP contribution in [0.5, 0.6) is 0 Å². The molecule has 1 rings (SSSR count). The highest BCUT2D eigenvalue weighted by Gasteiger charge is 2.18. The molecule has 0 saturated carbocycles. The van der Waals surface area contributed by atoms with E-state index >= 15 is 0 Å². The fourth-order valence-electron chi connectivity index (χ4n) is 1.65. The first-order chi connectivity index (χ1) is 8.47. The SMILES string of the molecule is CCN(CC)C(=O)C(C)Nc1cc(N)nc(N)n1. The lowest BCUT2D eigenvalue weighted by molar-refractivity contribution is -0.131. The summed E-state index contributed by atoms with van der Waals surface area (Å²) >= 11 is 0. The van der Waals surface area contributed by atoms with Gasteiger partial charge in [-0.3, -0.25) is 4.79 Å². The molecule has 100 valence electrons. The summed E-state index contributed by atoms with van der Waals surface area (Å²) in [6.45, 7) is 7.00. The summed E-state index contributed by atoms with van der Waals surface area (Å²) in [4.78, 5) is 21.5. The molecule has 1 aromatic rings. The number of hydrogen-bond donors (Lipinski definition) is 3. The minimum atomic E-state index is -0.390. The number of carbonyl (C=O) groups excluding carboxylic acids is 1. The number of carbonyl (C=O) groups is 1. The van der Waals surface area contributed by atoms with Gasteiger partial charge in [-0.25, -0.2) is 0 Å². The van der Waals surface area contributed by atoms with Gasteiger partial charge in [0.2, 0.25) is 11.9 Å². The van der Waals surface area contributed by atoms with Crippen LogP contribution in [-0.2, 0) is 4.79 Å². The quantitative estimate of drug-likeness (QED) is 0.695. The number of nitrogens with zero attached hydrogens (tertiary/aromatic N) is 3. The van der Waals surface area contributed by atoms with Crippen LogP contribution < -0.4 is 16.8 Å². The number of hydrogen-bond acceptors (Lipinski definition) is 6. The van der Waals surface area contributed by atoms with Crippen molar-refractivity contribution in [3.05, 3.63) is 6.07 Å². The predicted molar refractivity (Wildman–Crippen MR) is 71.9 cm³/mol. The van der Waals surface area contributed by atoms with Crippen molar-refractivity contribution in [3.63, 3.8) is 0 Å². The van der Waals surface area contributed by atoms with E-state index < -0.39 is 6.04 Å². The Labute approximate surface area is 107 Å². The van der Waals surface area contributed by atoms with E-state index in [4.69, 9.17) is 11.5 Å². The van der Waals surface area contributed by atoms with Gasteiger partial charge in [-0.1, -0.05) is 0 Å². The maximum atomic E-state index is 12.0. The van der Waals surface area contributed by atoms with Gasteiger partial charge in [0.25, 0.3) is 0 Å². The molecule has 5 N–H and O–H groups in total. The molecule has 0 bridgehead atoms. The predicted octanol–water partition coefficient (Wildman–Crippen LogP) is 0.310. The maximum Gasteiger partial charge on any atom is 0.244 e. The number of amides is 1. The van der Waals surface area contributed by atoms with Gasteiger partial charge in [-0.05, 0) is 20.8 Å². The Morgan fingerprint density at radius 2 is 2.00 bits per heavy atom. The van der Waals surface area contributed by atoms with Crippen molar-refractivity contribution in [1.82, 2.24) is 14.9 Å². The number of aromatic nitrogens is 2. The van der Waals surface area contributed by atoms with E-state index in [2.05, 4.69) is 15.3 Å². The zero-order valence-electron chi connectivity index (χ0n) is 11.0. The molecule has 1 aromatic heterocycles. The molecule has 18 heavy (non-hydrogen) atoms. The van der Waals surface area contributed by atoms with Crippen molar-refractivity contribution in [1.29, 1.82) is 0 Å². The number of nitrogen functional groups attached to an aromatic ring is 2. The van der Waals surface area contributed by atoms with Crippen molar-refractivity contribution in [2.45, 2.75) is 26.8 Å². The highest BCUT2D eigenvalue weighted by Crippen LogP contribution is 2.11. The fraction of sp³-hybridized carbons (Fsp3) is 0.545. The Morgan fingerprint density at radius 1 is 1.39 bits per heavy atom.